The van der Waals surface area contributed by atoms with Crippen LogP contribution in [0.5, 0.6) is 5.88 Å². The molecule has 2 heterocycles. The van der Waals surface area contributed by atoms with Crippen LogP contribution in [0, 0.1) is 11.3 Å². The number of pyridine rings is 2. The molecule has 2 aromatic heterocycles. The van der Waals surface area contributed by atoms with Gasteiger partial charge in [0.15, 0.2) is 0 Å². The number of ether oxygens (including phenoxy) is 1. The lowest BCUT2D eigenvalue weighted by atomic mass is 10.0. The van der Waals surface area contributed by atoms with Crippen molar-refractivity contribution in [3.8, 4) is 23.1 Å². The van der Waals surface area contributed by atoms with Crippen LogP contribution in [0.25, 0.3) is 11.1 Å². The van der Waals surface area contributed by atoms with E-state index in [2.05, 4.69) is 16.0 Å². The fourth-order valence-electron chi connectivity index (χ4n) is 1.69. The van der Waals surface area contributed by atoms with E-state index < -0.39 is 0 Å². The van der Waals surface area contributed by atoms with Gasteiger partial charge in [-0.1, -0.05) is 6.07 Å². The summed E-state index contributed by atoms with van der Waals surface area (Å²) in [6.07, 6.45) is 5.41. The van der Waals surface area contributed by atoms with Crippen LogP contribution in [0.3, 0.4) is 0 Å². The molecule has 0 aliphatic rings. The summed E-state index contributed by atoms with van der Waals surface area (Å²) < 4.78 is 5.24. The molecule has 0 atom stereocenters. The Balaban J connectivity index is 2.61. The third-order valence-electron chi connectivity index (χ3n) is 2.42. The van der Waals surface area contributed by atoms with Crippen LogP contribution in [0.4, 0.5) is 0 Å². The standard InChI is InChI=1S/C13H11N3O/c1-17-13-12(11-3-2-7-15-9-11)10(4-6-14)5-8-16-13/h2-3,5,7-9H,4H2,1H3. The van der Waals surface area contributed by atoms with Gasteiger partial charge in [0.05, 0.1) is 19.6 Å². The fraction of sp³-hybridized carbons (Fsp3) is 0.154. The SMILES string of the molecule is COc1nccc(CC#N)c1-c1cccnc1. The van der Waals surface area contributed by atoms with Gasteiger partial charge in [0.1, 0.15) is 0 Å². The Kier molecular flexibility index (Phi) is 3.31. The zero-order chi connectivity index (χ0) is 12.1. The highest BCUT2D eigenvalue weighted by Crippen LogP contribution is 2.31. The molecule has 0 aromatic carbocycles. The zero-order valence-corrected chi connectivity index (χ0v) is 9.42. The highest BCUT2D eigenvalue weighted by atomic mass is 16.5. The van der Waals surface area contributed by atoms with Gasteiger partial charge >= 0.3 is 0 Å². The molecule has 0 aliphatic heterocycles. The molecule has 2 rings (SSSR count). The predicted molar refractivity (Wildman–Crippen MR) is 63.3 cm³/mol. The monoisotopic (exact) mass is 225 g/mol. The molecule has 0 radical (unpaired) electrons. The first-order valence-electron chi connectivity index (χ1n) is 5.16. The third-order valence-corrected chi connectivity index (χ3v) is 2.42. The van der Waals surface area contributed by atoms with Crippen molar-refractivity contribution in [1.82, 2.24) is 9.97 Å². The maximum Gasteiger partial charge on any atom is 0.221 e. The van der Waals surface area contributed by atoms with Crippen LogP contribution in [0.15, 0.2) is 36.8 Å². The molecule has 0 fully saturated rings. The van der Waals surface area contributed by atoms with Gasteiger partial charge in [-0.05, 0) is 17.7 Å². The van der Waals surface area contributed by atoms with E-state index in [0.29, 0.717) is 12.3 Å². The second kappa shape index (κ2) is 5.08. The van der Waals surface area contributed by atoms with Gasteiger partial charge in [-0.2, -0.15) is 5.26 Å². The molecule has 0 amide bonds. The minimum Gasteiger partial charge on any atom is -0.481 e. The van der Waals surface area contributed by atoms with Crippen LogP contribution >= 0.6 is 0 Å². The topological polar surface area (TPSA) is 58.8 Å². The normalized spacial score (nSPS) is 9.65. The third kappa shape index (κ3) is 2.23. The molecular weight excluding hydrogens is 214 g/mol. The van der Waals surface area contributed by atoms with Gasteiger partial charge in [0.25, 0.3) is 0 Å². The Hall–Kier alpha value is -2.41. The zero-order valence-electron chi connectivity index (χ0n) is 9.42. The van der Waals surface area contributed by atoms with Crippen LogP contribution in [0.1, 0.15) is 5.56 Å². The molecule has 0 aliphatic carbocycles. The van der Waals surface area contributed by atoms with Crippen molar-refractivity contribution in [2.75, 3.05) is 7.11 Å². The van der Waals surface area contributed by atoms with Crippen molar-refractivity contribution in [1.29, 1.82) is 5.26 Å². The molecule has 0 bridgehead atoms. The predicted octanol–water partition coefficient (Wildman–Crippen LogP) is 2.22. The Bertz CT molecular complexity index is 546. The van der Waals surface area contributed by atoms with Crippen molar-refractivity contribution in [3.63, 3.8) is 0 Å². The van der Waals surface area contributed by atoms with Crippen LogP contribution in [-0.4, -0.2) is 17.1 Å². The van der Waals surface area contributed by atoms with Crippen molar-refractivity contribution < 1.29 is 4.74 Å². The molecule has 0 N–H and O–H groups in total. The Morgan fingerprint density at radius 2 is 2.24 bits per heavy atom. The summed E-state index contributed by atoms with van der Waals surface area (Å²) in [5.74, 6) is 0.519. The molecule has 17 heavy (non-hydrogen) atoms. The van der Waals surface area contributed by atoms with E-state index in [4.69, 9.17) is 10.00 Å². The van der Waals surface area contributed by atoms with Crippen molar-refractivity contribution in [3.05, 3.63) is 42.4 Å². The number of rotatable bonds is 3. The van der Waals surface area contributed by atoms with Crippen LogP contribution in [0.2, 0.25) is 0 Å². The van der Waals surface area contributed by atoms with Crippen LogP contribution < -0.4 is 4.74 Å². The number of nitriles is 1. The number of nitrogens with zero attached hydrogens (tertiary/aromatic N) is 3. The van der Waals surface area contributed by atoms with Gasteiger partial charge < -0.3 is 4.74 Å². The minimum absolute atomic E-state index is 0.323. The van der Waals surface area contributed by atoms with Gasteiger partial charge in [-0.3, -0.25) is 4.98 Å². The van der Waals surface area contributed by atoms with Crippen molar-refractivity contribution >= 4 is 0 Å². The lowest BCUT2D eigenvalue weighted by Gasteiger charge is -2.10. The van der Waals surface area contributed by atoms with E-state index in [0.717, 1.165) is 16.7 Å². The molecule has 0 unspecified atom stereocenters. The van der Waals surface area contributed by atoms with E-state index >= 15 is 0 Å². The average Bonchev–Trinajstić information content (AvgIpc) is 2.40. The quantitative estimate of drug-likeness (QED) is 0.803. The number of methoxy groups -OCH3 is 1. The lowest BCUT2D eigenvalue weighted by molar-refractivity contribution is 0.399. The lowest BCUT2D eigenvalue weighted by Crippen LogP contribution is -1.96. The molecule has 2 aromatic rings. The highest BCUT2D eigenvalue weighted by molar-refractivity contribution is 5.71. The maximum atomic E-state index is 8.83. The summed E-state index contributed by atoms with van der Waals surface area (Å²) in [6.45, 7) is 0. The molecule has 0 saturated carbocycles. The summed E-state index contributed by atoms with van der Waals surface area (Å²) in [5.41, 5.74) is 2.64. The molecule has 0 spiro atoms. The van der Waals surface area contributed by atoms with E-state index in [1.165, 1.54) is 0 Å². The Morgan fingerprint density at radius 3 is 2.88 bits per heavy atom. The van der Waals surface area contributed by atoms with Gasteiger partial charge in [0, 0.05) is 29.7 Å². The first kappa shape index (κ1) is 11.1. The Labute approximate surface area is 99.5 Å². The second-order valence-corrected chi connectivity index (χ2v) is 3.43. The van der Waals surface area contributed by atoms with Crippen molar-refractivity contribution in [2.24, 2.45) is 0 Å². The minimum atomic E-state index is 0.323. The van der Waals surface area contributed by atoms with E-state index in [-0.39, 0.29) is 0 Å². The van der Waals surface area contributed by atoms with E-state index in [9.17, 15) is 0 Å². The number of hydrogen-bond acceptors (Lipinski definition) is 4. The van der Waals surface area contributed by atoms with Gasteiger partial charge in [0.2, 0.25) is 5.88 Å². The van der Waals surface area contributed by atoms with Crippen LogP contribution in [-0.2, 0) is 6.42 Å². The summed E-state index contributed by atoms with van der Waals surface area (Å²) in [4.78, 5) is 8.23. The van der Waals surface area contributed by atoms with Gasteiger partial charge in [-0.15, -0.1) is 0 Å². The summed E-state index contributed by atoms with van der Waals surface area (Å²) in [5, 5.41) is 8.83. The molecule has 4 nitrogen and oxygen atoms in total. The largest absolute Gasteiger partial charge is 0.481 e. The first-order valence-corrected chi connectivity index (χ1v) is 5.16. The van der Waals surface area contributed by atoms with Crippen molar-refractivity contribution in [2.45, 2.75) is 6.42 Å². The Morgan fingerprint density at radius 1 is 1.35 bits per heavy atom. The smallest absolute Gasteiger partial charge is 0.221 e. The average molecular weight is 225 g/mol. The molecule has 84 valence electrons. The summed E-state index contributed by atoms with van der Waals surface area (Å²) in [6, 6.07) is 7.74. The number of aromatic nitrogens is 2. The fourth-order valence-corrected chi connectivity index (χ4v) is 1.69. The summed E-state index contributed by atoms with van der Waals surface area (Å²) in [7, 11) is 1.57. The molecule has 0 saturated heterocycles. The number of hydrogen-bond donors (Lipinski definition) is 0. The molecular formula is C13H11N3O. The first-order chi connectivity index (χ1) is 8.36. The van der Waals surface area contributed by atoms with E-state index in [1.54, 1.807) is 25.7 Å². The highest BCUT2D eigenvalue weighted by Gasteiger charge is 2.12. The second-order valence-electron chi connectivity index (χ2n) is 3.43. The van der Waals surface area contributed by atoms with Gasteiger partial charge in [-0.25, -0.2) is 4.98 Å². The van der Waals surface area contributed by atoms with E-state index in [1.807, 2.05) is 18.2 Å². The maximum absolute atomic E-state index is 8.83. The summed E-state index contributed by atoms with van der Waals surface area (Å²) >= 11 is 0. The molecule has 4 heteroatoms.